The molecule has 2 N–H and O–H groups in total. The van der Waals surface area contributed by atoms with Gasteiger partial charge < -0.3 is 10.5 Å². The Labute approximate surface area is 68.3 Å². The summed E-state index contributed by atoms with van der Waals surface area (Å²) in [6, 6.07) is 4.66. The van der Waals surface area contributed by atoms with Gasteiger partial charge in [-0.15, -0.1) is 0 Å². The van der Waals surface area contributed by atoms with E-state index in [2.05, 4.69) is 4.74 Å². The van der Waals surface area contributed by atoms with Crippen LogP contribution in [0.2, 0.25) is 0 Å². The van der Waals surface area contributed by atoms with E-state index in [1.807, 2.05) is 0 Å². The molecule has 2 nitrogen and oxygen atoms in total. The second-order valence-electron chi connectivity index (χ2n) is 2.08. The number of nitrogens with two attached hydrogens (primary N) is 1. The van der Waals surface area contributed by atoms with Crippen LogP contribution in [0.3, 0.4) is 0 Å². The van der Waals surface area contributed by atoms with Crippen molar-refractivity contribution in [3.63, 3.8) is 0 Å². The zero-order valence-corrected chi connectivity index (χ0v) is 6.13. The topological polar surface area (TPSA) is 35.2 Å². The van der Waals surface area contributed by atoms with Gasteiger partial charge in [0.25, 0.3) is 0 Å². The van der Waals surface area contributed by atoms with Crippen LogP contribution >= 0.6 is 0 Å². The summed E-state index contributed by atoms with van der Waals surface area (Å²) in [4.78, 5) is 0. The molecule has 0 saturated carbocycles. The fourth-order valence-corrected chi connectivity index (χ4v) is 0.671. The lowest BCUT2D eigenvalue weighted by atomic mass is 10.3. The minimum Gasteiger partial charge on any atom is -0.430 e. The molecule has 0 atom stereocenters. The Morgan fingerprint density at radius 3 is 2.42 bits per heavy atom. The van der Waals surface area contributed by atoms with Crippen molar-refractivity contribution in [2.75, 3.05) is 5.73 Å². The summed E-state index contributed by atoms with van der Waals surface area (Å²) < 4.78 is 28.0. The molecule has 0 fully saturated rings. The lowest BCUT2D eigenvalue weighted by Crippen LogP contribution is -1.89. The molecule has 0 spiro atoms. The van der Waals surface area contributed by atoms with Gasteiger partial charge in [0.05, 0.1) is 0 Å². The van der Waals surface area contributed by atoms with E-state index in [0.29, 0.717) is 5.69 Å². The van der Waals surface area contributed by atoms with Gasteiger partial charge in [-0.2, -0.15) is 4.39 Å². The number of halogens is 2. The number of ether oxygens (including phenoxy) is 1. The molecular weight excluding hydrogens is 164 g/mol. The Morgan fingerprint density at radius 1 is 1.33 bits per heavy atom. The van der Waals surface area contributed by atoms with Crippen LogP contribution in [-0.2, 0) is 0 Å². The summed E-state index contributed by atoms with van der Waals surface area (Å²) in [6.45, 7) is 0. The maximum absolute atomic E-state index is 12.2. The molecule has 64 valence electrons. The predicted octanol–water partition coefficient (Wildman–Crippen LogP) is 2.39. The van der Waals surface area contributed by atoms with Crippen molar-refractivity contribution in [2.45, 2.75) is 0 Å². The van der Waals surface area contributed by atoms with Crippen molar-refractivity contribution in [3.05, 3.63) is 36.6 Å². The molecule has 0 aliphatic rings. The second kappa shape index (κ2) is 3.71. The van der Waals surface area contributed by atoms with Crippen LogP contribution in [0.25, 0.3) is 0 Å². The van der Waals surface area contributed by atoms with E-state index in [4.69, 9.17) is 5.73 Å². The molecule has 12 heavy (non-hydrogen) atoms. The Hall–Kier alpha value is -1.58. The van der Waals surface area contributed by atoms with E-state index in [-0.39, 0.29) is 12.1 Å². The van der Waals surface area contributed by atoms with Gasteiger partial charge in [-0.25, -0.2) is 4.39 Å². The molecule has 0 unspecified atom stereocenters. The number of hydrogen-bond donors (Lipinski definition) is 1. The molecule has 1 aromatic rings. The summed E-state index contributed by atoms with van der Waals surface area (Å²) in [5.41, 5.74) is 5.89. The van der Waals surface area contributed by atoms with Gasteiger partial charge in [0.2, 0.25) is 0 Å². The van der Waals surface area contributed by atoms with Gasteiger partial charge in [0, 0.05) is 5.69 Å². The highest BCUT2D eigenvalue weighted by Gasteiger charge is 1.97. The molecule has 0 bridgehead atoms. The van der Waals surface area contributed by atoms with Crippen LogP contribution in [0, 0.1) is 0 Å². The van der Waals surface area contributed by atoms with Crippen molar-refractivity contribution >= 4 is 5.69 Å². The first-order valence-corrected chi connectivity index (χ1v) is 3.21. The largest absolute Gasteiger partial charge is 0.430 e. The van der Waals surface area contributed by atoms with Gasteiger partial charge in [0.1, 0.15) is 5.75 Å². The first-order valence-electron chi connectivity index (χ1n) is 3.21. The highest BCUT2D eigenvalue weighted by atomic mass is 19.2. The second-order valence-corrected chi connectivity index (χ2v) is 2.08. The highest BCUT2D eigenvalue weighted by Crippen LogP contribution is 2.16. The van der Waals surface area contributed by atoms with Gasteiger partial charge in [-0.3, -0.25) is 0 Å². The lowest BCUT2D eigenvalue weighted by molar-refractivity contribution is 0.289. The van der Waals surface area contributed by atoms with E-state index in [1.54, 1.807) is 0 Å². The van der Waals surface area contributed by atoms with Crippen molar-refractivity contribution in [1.82, 2.24) is 0 Å². The first-order chi connectivity index (χ1) is 5.72. The third kappa shape index (κ3) is 2.23. The quantitative estimate of drug-likeness (QED) is 0.547. The van der Waals surface area contributed by atoms with Crippen LogP contribution in [0.4, 0.5) is 14.5 Å². The first kappa shape index (κ1) is 8.52. The summed E-state index contributed by atoms with van der Waals surface area (Å²) in [6.07, 6.45) is -0.254. The molecule has 0 amide bonds. The summed E-state index contributed by atoms with van der Waals surface area (Å²) in [5.74, 6) is 0.204. The number of nitrogen functional groups attached to an aromatic ring is 1. The smallest absolute Gasteiger partial charge is 0.306 e. The van der Waals surface area contributed by atoms with E-state index in [1.165, 1.54) is 24.3 Å². The van der Waals surface area contributed by atoms with Crippen LogP contribution in [0.5, 0.6) is 5.75 Å². The SMILES string of the molecule is Nc1ccc(O/C(F)=C/F)cc1. The maximum atomic E-state index is 12.2. The minimum atomic E-state index is -1.28. The molecule has 0 aliphatic carbocycles. The van der Waals surface area contributed by atoms with Crippen LogP contribution in [0.1, 0.15) is 0 Å². The summed E-state index contributed by atoms with van der Waals surface area (Å²) >= 11 is 0. The molecule has 1 rings (SSSR count). The average molecular weight is 171 g/mol. The normalized spacial score (nSPS) is 11.3. The van der Waals surface area contributed by atoms with Crippen molar-refractivity contribution < 1.29 is 13.5 Å². The van der Waals surface area contributed by atoms with E-state index >= 15 is 0 Å². The third-order valence-corrected chi connectivity index (χ3v) is 1.18. The zero-order valence-electron chi connectivity index (χ0n) is 6.13. The fourth-order valence-electron chi connectivity index (χ4n) is 0.671. The van der Waals surface area contributed by atoms with Crippen molar-refractivity contribution in [1.29, 1.82) is 0 Å². The standard InChI is InChI=1S/C8H7F2NO/c9-5-8(10)12-7-3-1-6(11)2-4-7/h1-5H,11H2/b8-5+. The Kier molecular flexibility index (Phi) is 2.63. The van der Waals surface area contributed by atoms with E-state index in [9.17, 15) is 8.78 Å². The number of hydrogen-bond acceptors (Lipinski definition) is 2. The van der Waals surface area contributed by atoms with Gasteiger partial charge >= 0.3 is 6.01 Å². The molecule has 0 aromatic heterocycles. The zero-order chi connectivity index (χ0) is 8.97. The Bertz CT molecular complexity index is 282. The minimum absolute atomic E-state index is 0.204. The highest BCUT2D eigenvalue weighted by molar-refractivity contribution is 5.41. The number of rotatable bonds is 2. The van der Waals surface area contributed by atoms with Crippen molar-refractivity contribution in [3.8, 4) is 5.75 Å². The maximum Gasteiger partial charge on any atom is 0.306 e. The number of benzene rings is 1. The van der Waals surface area contributed by atoms with E-state index < -0.39 is 6.01 Å². The summed E-state index contributed by atoms with van der Waals surface area (Å²) in [7, 11) is 0. The van der Waals surface area contributed by atoms with Gasteiger partial charge in [-0.1, -0.05) is 0 Å². The lowest BCUT2D eigenvalue weighted by Gasteiger charge is -2.00. The van der Waals surface area contributed by atoms with Gasteiger partial charge in [0.15, 0.2) is 6.33 Å². The molecule has 4 heteroatoms. The number of anilines is 1. The molecule has 0 heterocycles. The van der Waals surface area contributed by atoms with Gasteiger partial charge in [-0.05, 0) is 24.3 Å². The fraction of sp³-hybridized carbons (Fsp3) is 0. The summed E-state index contributed by atoms with van der Waals surface area (Å²) in [5, 5.41) is 0. The molecule has 0 saturated heterocycles. The van der Waals surface area contributed by atoms with Crippen LogP contribution < -0.4 is 10.5 Å². The van der Waals surface area contributed by atoms with Crippen molar-refractivity contribution in [2.24, 2.45) is 0 Å². The molecule has 0 radical (unpaired) electrons. The molecule has 1 aromatic carbocycles. The molecule has 0 aliphatic heterocycles. The third-order valence-electron chi connectivity index (χ3n) is 1.18. The molecular formula is C8H7F2NO. The average Bonchev–Trinajstić information content (AvgIpc) is 2.09. The van der Waals surface area contributed by atoms with Crippen LogP contribution in [-0.4, -0.2) is 0 Å². The predicted molar refractivity (Wildman–Crippen MR) is 41.8 cm³/mol. The monoisotopic (exact) mass is 171 g/mol. The Morgan fingerprint density at radius 2 is 1.92 bits per heavy atom. The Balaban J connectivity index is 2.71. The van der Waals surface area contributed by atoms with Crippen LogP contribution in [0.15, 0.2) is 36.6 Å². The van der Waals surface area contributed by atoms with E-state index in [0.717, 1.165) is 0 Å².